The third-order valence-electron chi connectivity index (χ3n) is 2.69. The van der Waals surface area contributed by atoms with Crippen LogP contribution >= 0.6 is 0 Å². The summed E-state index contributed by atoms with van der Waals surface area (Å²) in [6.45, 7) is 5.23. The second-order valence-corrected chi connectivity index (χ2v) is 4.50. The second kappa shape index (κ2) is 8.53. The summed E-state index contributed by atoms with van der Waals surface area (Å²) < 4.78 is 10.6. The van der Waals surface area contributed by atoms with Gasteiger partial charge in [0.1, 0.15) is 5.75 Å². The Balaban J connectivity index is 2.50. The zero-order valence-electron chi connectivity index (χ0n) is 12.0. The summed E-state index contributed by atoms with van der Waals surface area (Å²) in [4.78, 5) is 11.5. The Morgan fingerprint density at radius 3 is 2.84 bits per heavy atom. The van der Waals surface area contributed by atoms with E-state index in [1.165, 1.54) is 5.56 Å². The van der Waals surface area contributed by atoms with Crippen LogP contribution in [-0.4, -0.2) is 26.2 Å². The van der Waals surface area contributed by atoms with E-state index in [2.05, 4.69) is 12.2 Å². The van der Waals surface area contributed by atoms with E-state index in [1.54, 1.807) is 0 Å². The van der Waals surface area contributed by atoms with Gasteiger partial charge in [0.05, 0.1) is 6.61 Å². The number of ether oxygens (including phenoxy) is 2. The Bertz CT molecular complexity index is 404. The molecule has 4 nitrogen and oxygen atoms in total. The highest BCUT2D eigenvalue weighted by atomic mass is 16.6. The van der Waals surface area contributed by atoms with Gasteiger partial charge in [0.15, 0.2) is 6.61 Å². The van der Waals surface area contributed by atoms with Crippen LogP contribution in [0.1, 0.15) is 30.9 Å². The lowest BCUT2D eigenvalue weighted by Crippen LogP contribution is -2.17. The largest absolute Gasteiger partial charge is 0.482 e. The maximum atomic E-state index is 11.5. The van der Waals surface area contributed by atoms with Gasteiger partial charge < -0.3 is 14.8 Å². The lowest BCUT2D eigenvalue weighted by atomic mass is 10.1. The highest BCUT2D eigenvalue weighted by molar-refractivity contribution is 5.71. The molecule has 0 amide bonds. The van der Waals surface area contributed by atoms with E-state index in [1.807, 2.05) is 32.2 Å². The minimum absolute atomic E-state index is 0.0382. The monoisotopic (exact) mass is 265 g/mol. The maximum Gasteiger partial charge on any atom is 0.344 e. The Labute approximate surface area is 115 Å². The average molecular weight is 265 g/mol. The zero-order chi connectivity index (χ0) is 14.1. The first-order valence-electron chi connectivity index (χ1n) is 6.70. The number of hydrogen-bond acceptors (Lipinski definition) is 4. The highest BCUT2D eigenvalue weighted by Crippen LogP contribution is 2.19. The standard InChI is InChI=1S/C15H23NO3/c1-4-5-8-18-15(17)11-19-14-7-6-12(2)9-13(14)10-16-3/h6-7,9,16H,4-5,8,10-11H2,1-3H3. The van der Waals surface area contributed by atoms with Gasteiger partial charge in [0.2, 0.25) is 0 Å². The van der Waals surface area contributed by atoms with Crippen molar-refractivity contribution in [1.82, 2.24) is 5.32 Å². The van der Waals surface area contributed by atoms with Gasteiger partial charge in [-0.05, 0) is 26.5 Å². The molecule has 0 saturated carbocycles. The lowest BCUT2D eigenvalue weighted by Gasteiger charge is -2.12. The van der Waals surface area contributed by atoms with Crippen molar-refractivity contribution in [3.05, 3.63) is 29.3 Å². The van der Waals surface area contributed by atoms with E-state index in [0.29, 0.717) is 13.2 Å². The van der Waals surface area contributed by atoms with E-state index in [9.17, 15) is 4.79 Å². The number of carbonyl (C=O) groups is 1. The van der Waals surface area contributed by atoms with E-state index < -0.39 is 0 Å². The van der Waals surface area contributed by atoms with Crippen LogP contribution in [-0.2, 0) is 16.1 Å². The predicted octanol–water partition coefficient (Wildman–Crippen LogP) is 2.44. The van der Waals surface area contributed by atoms with Crippen molar-refractivity contribution < 1.29 is 14.3 Å². The van der Waals surface area contributed by atoms with Crippen molar-refractivity contribution in [3.63, 3.8) is 0 Å². The van der Waals surface area contributed by atoms with Gasteiger partial charge in [-0.15, -0.1) is 0 Å². The molecule has 0 heterocycles. The Morgan fingerprint density at radius 2 is 2.16 bits per heavy atom. The molecule has 1 aromatic carbocycles. The Kier molecular flexibility index (Phi) is 6.97. The highest BCUT2D eigenvalue weighted by Gasteiger charge is 2.07. The van der Waals surface area contributed by atoms with Crippen LogP contribution in [0.15, 0.2) is 18.2 Å². The summed E-state index contributed by atoms with van der Waals surface area (Å²) in [5.41, 5.74) is 2.21. The zero-order valence-corrected chi connectivity index (χ0v) is 12.0. The fourth-order valence-electron chi connectivity index (χ4n) is 1.69. The number of hydrogen-bond donors (Lipinski definition) is 1. The summed E-state index contributed by atoms with van der Waals surface area (Å²) in [6, 6.07) is 5.91. The topological polar surface area (TPSA) is 47.6 Å². The second-order valence-electron chi connectivity index (χ2n) is 4.50. The number of benzene rings is 1. The molecule has 1 N–H and O–H groups in total. The minimum atomic E-state index is -0.315. The van der Waals surface area contributed by atoms with Crippen LogP contribution < -0.4 is 10.1 Å². The molecule has 0 aliphatic rings. The van der Waals surface area contributed by atoms with Gasteiger partial charge in [-0.3, -0.25) is 0 Å². The molecule has 4 heteroatoms. The van der Waals surface area contributed by atoms with Crippen LogP contribution in [0, 0.1) is 6.92 Å². The van der Waals surface area contributed by atoms with Crippen molar-refractivity contribution in [2.75, 3.05) is 20.3 Å². The van der Waals surface area contributed by atoms with Crippen molar-refractivity contribution >= 4 is 5.97 Å². The average Bonchev–Trinajstić information content (AvgIpc) is 2.38. The number of aryl methyl sites for hydroxylation is 1. The molecule has 0 aliphatic heterocycles. The quantitative estimate of drug-likeness (QED) is 0.579. The summed E-state index contributed by atoms with van der Waals surface area (Å²) in [6.07, 6.45) is 1.90. The molecule has 0 unspecified atom stereocenters. The van der Waals surface area contributed by atoms with Crippen molar-refractivity contribution in [2.45, 2.75) is 33.2 Å². The lowest BCUT2D eigenvalue weighted by molar-refractivity contribution is -0.146. The van der Waals surface area contributed by atoms with Gasteiger partial charge in [-0.2, -0.15) is 0 Å². The number of carbonyl (C=O) groups excluding carboxylic acids is 1. The fourth-order valence-corrected chi connectivity index (χ4v) is 1.69. The van der Waals surface area contributed by atoms with Crippen LogP contribution in [0.4, 0.5) is 0 Å². The molecule has 0 aromatic heterocycles. The van der Waals surface area contributed by atoms with E-state index >= 15 is 0 Å². The number of esters is 1. The van der Waals surface area contributed by atoms with Crippen molar-refractivity contribution in [1.29, 1.82) is 0 Å². The first-order chi connectivity index (χ1) is 9.17. The molecular formula is C15H23NO3. The van der Waals surface area contributed by atoms with Crippen LogP contribution in [0.5, 0.6) is 5.75 Å². The summed E-state index contributed by atoms with van der Waals surface area (Å²) >= 11 is 0. The summed E-state index contributed by atoms with van der Waals surface area (Å²) in [7, 11) is 1.88. The van der Waals surface area contributed by atoms with Gasteiger partial charge in [0, 0.05) is 12.1 Å². The molecule has 0 spiro atoms. The molecule has 0 saturated heterocycles. The van der Waals surface area contributed by atoms with Gasteiger partial charge >= 0.3 is 5.97 Å². The van der Waals surface area contributed by atoms with Gasteiger partial charge in [-0.1, -0.05) is 31.0 Å². The first kappa shape index (κ1) is 15.5. The van der Waals surface area contributed by atoms with Crippen LogP contribution in [0.2, 0.25) is 0 Å². The molecule has 1 aromatic rings. The van der Waals surface area contributed by atoms with Crippen molar-refractivity contribution in [3.8, 4) is 5.75 Å². The maximum absolute atomic E-state index is 11.5. The fraction of sp³-hybridized carbons (Fsp3) is 0.533. The third kappa shape index (κ3) is 5.75. The predicted molar refractivity (Wildman–Crippen MR) is 75.3 cm³/mol. The molecule has 19 heavy (non-hydrogen) atoms. The molecule has 0 atom stereocenters. The summed E-state index contributed by atoms with van der Waals surface area (Å²) in [5.74, 6) is 0.414. The molecule has 106 valence electrons. The number of unbranched alkanes of at least 4 members (excludes halogenated alkanes) is 1. The van der Waals surface area contributed by atoms with Crippen LogP contribution in [0.25, 0.3) is 0 Å². The number of nitrogens with one attached hydrogen (secondary N) is 1. The molecule has 0 fully saturated rings. The van der Waals surface area contributed by atoms with Gasteiger partial charge in [0.25, 0.3) is 0 Å². The van der Waals surface area contributed by atoms with E-state index in [0.717, 1.165) is 24.2 Å². The molecule has 0 aliphatic carbocycles. The Morgan fingerprint density at radius 1 is 1.37 bits per heavy atom. The smallest absolute Gasteiger partial charge is 0.344 e. The van der Waals surface area contributed by atoms with Crippen molar-refractivity contribution in [2.24, 2.45) is 0 Å². The minimum Gasteiger partial charge on any atom is -0.482 e. The third-order valence-corrected chi connectivity index (χ3v) is 2.69. The first-order valence-corrected chi connectivity index (χ1v) is 6.70. The molecule has 1 rings (SSSR count). The number of rotatable bonds is 8. The van der Waals surface area contributed by atoms with Crippen LogP contribution in [0.3, 0.4) is 0 Å². The molecular weight excluding hydrogens is 242 g/mol. The van der Waals surface area contributed by atoms with Gasteiger partial charge in [-0.25, -0.2) is 4.79 Å². The normalized spacial score (nSPS) is 10.3. The SMILES string of the molecule is CCCCOC(=O)COc1ccc(C)cc1CNC. The summed E-state index contributed by atoms with van der Waals surface area (Å²) in [5, 5.41) is 3.08. The van der Waals surface area contributed by atoms with E-state index in [4.69, 9.17) is 9.47 Å². The molecule has 0 bridgehead atoms. The van der Waals surface area contributed by atoms with E-state index in [-0.39, 0.29) is 12.6 Å². The molecule has 0 radical (unpaired) electrons. The Hall–Kier alpha value is -1.55.